The van der Waals surface area contributed by atoms with Gasteiger partial charge in [0.25, 0.3) is 0 Å². The van der Waals surface area contributed by atoms with Crippen molar-refractivity contribution in [1.82, 2.24) is 0 Å². The van der Waals surface area contributed by atoms with Gasteiger partial charge >= 0.3 is 37.7 Å². The SMILES string of the molecule is CC([O-])C(C)[O-].[Ca+2]. The summed E-state index contributed by atoms with van der Waals surface area (Å²) in [4.78, 5) is 0. The Bertz CT molecular complexity index is 30.7. The minimum atomic E-state index is -0.954. The fourth-order valence-electron chi connectivity index (χ4n) is 0. The molecule has 3 heteroatoms. The van der Waals surface area contributed by atoms with Gasteiger partial charge in [0.05, 0.1) is 0 Å². The molecule has 2 unspecified atom stereocenters. The van der Waals surface area contributed by atoms with Crippen molar-refractivity contribution in [2.75, 3.05) is 0 Å². The summed E-state index contributed by atoms with van der Waals surface area (Å²) in [6.07, 6.45) is -1.91. The van der Waals surface area contributed by atoms with Gasteiger partial charge in [-0.05, 0) is 0 Å². The molecule has 0 spiro atoms. The molecule has 0 aromatic heterocycles. The molecule has 0 bridgehead atoms. The first-order chi connectivity index (χ1) is 2.64. The van der Waals surface area contributed by atoms with E-state index in [2.05, 4.69) is 0 Å². The molecule has 0 rings (SSSR count). The van der Waals surface area contributed by atoms with Crippen molar-refractivity contribution >= 4 is 37.7 Å². The molecule has 2 nitrogen and oxygen atoms in total. The van der Waals surface area contributed by atoms with Crippen LogP contribution in [0.15, 0.2) is 0 Å². The van der Waals surface area contributed by atoms with E-state index in [0.717, 1.165) is 0 Å². The van der Waals surface area contributed by atoms with Crippen molar-refractivity contribution in [3.8, 4) is 0 Å². The zero-order valence-electron chi connectivity index (χ0n) is 4.68. The van der Waals surface area contributed by atoms with E-state index in [1.165, 1.54) is 13.8 Å². The van der Waals surface area contributed by atoms with Gasteiger partial charge in [-0.1, -0.05) is 13.8 Å². The van der Waals surface area contributed by atoms with Gasteiger partial charge in [0.2, 0.25) is 0 Å². The van der Waals surface area contributed by atoms with Crippen LogP contribution in [0, 0.1) is 0 Å². The number of hydrogen-bond acceptors (Lipinski definition) is 2. The monoisotopic (exact) mass is 128 g/mol. The van der Waals surface area contributed by atoms with Crippen molar-refractivity contribution in [2.45, 2.75) is 26.1 Å². The molecule has 0 radical (unpaired) electrons. The molecule has 0 N–H and O–H groups in total. The fourth-order valence-corrected chi connectivity index (χ4v) is 0. The second-order valence-corrected chi connectivity index (χ2v) is 1.41. The molecule has 0 aromatic rings. The molecule has 38 valence electrons. The van der Waals surface area contributed by atoms with E-state index in [-0.39, 0.29) is 37.7 Å². The second kappa shape index (κ2) is 5.32. The quantitative estimate of drug-likeness (QED) is 0.387. The van der Waals surface area contributed by atoms with E-state index in [4.69, 9.17) is 0 Å². The minimum absolute atomic E-state index is 0. The Morgan fingerprint density at radius 3 is 1.14 bits per heavy atom. The Balaban J connectivity index is 0. The summed E-state index contributed by atoms with van der Waals surface area (Å²) in [5.41, 5.74) is 0. The predicted octanol–water partition coefficient (Wildman–Crippen LogP) is -1.90. The van der Waals surface area contributed by atoms with Crippen LogP contribution in [0.5, 0.6) is 0 Å². The van der Waals surface area contributed by atoms with E-state index in [1.807, 2.05) is 0 Å². The maximum atomic E-state index is 9.91. The third-order valence-electron chi connectivity index (χ3n) is 0.661. The van der Waals surface area contributed by atoms with Crippen LogP contribution in [0.25, 0.3) is 0 Å². The van der Waals surface area contributed by atoms with Crippen LogP contribution < -0.4 is 10.2 Å². The Hall–Kier alpha value is 1.18. The standard InChI is InChI=1S/C4H8O2.Ca/c1-3(5)4(2)6;/h3-4H,1-2H3;/q-2;+2. The van der Waals surface area contributed by atoms with Crippen LogP contribution in [0.4, 0.5) is 0 Å². The molecule has 0 aliphatic carbocycles. The van der Waals surface area contributed by atoms with Gasteiger partial charge in [-0.2, -0.15) is 0 Å². The third-order valence-corrected chi connectivity index (χ3v) is 0.661. The number of rotatable bonds is 1. The van der Waals surface area contributed by atoms with Gasteiger partial charge in [-0.25, -0.2) is 0 Å². The maximum Gasteiger partial charge on any atom is 2.00 e. The van der Waals surface area contributed by atoms with E-state index in [0.29, 0.717) is 0 Å². The summed E-state index contributed by atoms with van der Waals surface area (Å²) in [5, 5.41) is 19.8. The molecule has 0 saturated heterocycles. The Labute approximate surface area is 73.5 Å². The van der Waals surface area contributed by atoms with Crippen molar-refractivity contribution in [3.63, 3.8) is 0 Å². The second-order valence-electron chi connectivity index (χ2n) is 1.41. The van der Waals surface area contributed by atoms with Gasteiger partial charge in [-0.15, -0.1) is 12.2 Å². The molecule has 0 aromatic carbocycles. The summed E-state index contributed by atoms with van der Waals surface area (Å²) in [7, 11) is 0. The van der Waals surface area contributed by atoms with E-state index < -0.39 is 12.2 Å². The average Bonchev–Trinajstić information content (AvgIpc) is 1.36. The van der Waals surface area contributed by atoms with E-state index in [1.54, 1.807) is 0 Å². The molecule has 0 aliphatic rings. The van der Waals surface area contributed by atoms with Crippen molar-refractivity contribution in [1.29, 1.82) is 0 Å². The van der Waals surface area contributed by atoms with Crippen LogP contribution >= 0.6 is 0 Å². The molecule has 0 aliphatic heterocycles. The summed E-state index contributed by atoms with van der Waals surface area (Å²) in [5.74, 6) is 0. The van der Waals surface area contributed by atoms with Crippen molar-refractivity contribution in [2.24, 2.45) is 0 Å². The third kappa shape index (κ3) is 7.18. The Morgan fingerprint density at radius 2 is 1.14 bits per heavy atom. The normalized spacial score (nSPS) is 17.1. The van der Waals surface area contributed by atoms with Crippen LogP contribution in [-0.4, -0.2) is 49.9 Å². The zero-order valence-corrected chi connectivity index (χ0v) is 6.89. The largest absolute Gasteiger partial charge is 2.00 e. The van der Waals surface area contributed by atoms with E-state index >= 15 is 0 Å². The Kier molecular flexibility index (Phi) is 8.39. The van der Waals surface area contributed by atoms with Gasteiger partial charge in [0.15, 0.2) is 0 Å². The topological polar surface area (TPSA) is 46.1 Å². The molecular weight excluding hydrogens is 120 g/mol. The van der Waals surface area contributed by atoms with Gasteiger partial charge < -0.3 is 10.2 Å². The van der Waals surface area contributed by atoms with Gasteiger partial charge in [0.1, 0.15) is 0 Å². The first-order valence-corrected chi connectivity index (χ1v) is 1.96. The first-order valence-electron chi connectivity index (χ1n) is 1.96. The van der Waals surface area contributed by atoms with Crippen LogP contribution in [0.3, 0.4) is 0 Å². The molecule has 0 amide bonds. The predicted molar refractivity (Wildman–Crippen MR) is 24.7 cm³/mol. The summed E-state index contributed by atoms with van der Waals surface area (Å²) in [6, 6.07) is 0. The summed E-state index contributed by atoms with van der Waals surface area (Å²) < 4.78 is 0. The van der Waals surface area contributed by atoms with Crippen LogP contribution in [-0.2, 0) is 0 Å². The van der Waals surface area contributed by atoms with Crippen molar-refractivity contribution < 1.29 is 10.2 Å². The Morgan fingerprint density at radius 1 is 1.00 bits per heavy atom. The molecule has 0 heterocycles. The van der Waals surface area contributed by atoms with E-state index in [9.17, 15) is 10.2 Å². The molecule has 0 fully saturated rings. The molecular formula is C4H8CaO2. The van der Waals surface area contributed by atoms with Crippen LogP contribution in [0.2, 0.25) is 0 Å². The first kappa shape index (κ1) is 11.0. The smallest absolute Gasteiger partial charge is 0.853 e. The number of hydrogen-bond donors (Lipinski definition) is 0. The maximum absolute atomic E-state index is 9.91. The average molecular weight is 128 g/mol. The molecule has 7 heavy (non-hydrogen) atoms. The van der Waals surface area contributed by atoms with Crippen molar-refractivity contribution in [3.05, 3.63) is 0 Å². The minimum Gasteiger partial charge on any atom is -0.853 e. The fraction of sp³-hybridized carbons (Fsp3) is 1.00. The summed E-state index contributed by atoms with van der Waals surface area (Å²) in [6.45, 7) is 2.75. The summed E-state index contributed by atoms with van der Waals surface area (Å²) >= 11 is 0. The van der Waals surface area contributed by atoms with Gasteiger partial charge in [-0.3, -0.25) is 0 Å². The molecule has 0 saturated carbocycles. The zero-order chi connectivity index (χ0) is 5.15. The van der Waals surface area contributed by atoms with Crippen LogP contribution in [0.1, 0.15) is 13.8 Å². The molecule has 2 atom stereocenters. The van der Waals surface area contributed by atoms with Gasteiger partial charge in [0, 0.05) is 0 Å².